The highest BCUT2D eigenvalue weighted by Crippen LogP contribution is 2.20. The summed E-state index contributed by atoms with van der Waals surface area (Å²) in [5.74, 6) is 3.25. The average Bonchev–Trinajstić information content (AvgIpc) is 1.95. The van der Waals surface area contributed by atoms with Crippen molar-refractivity contribution in [1.29, 1.82) is 0 Å². The van der Waals surface area contributed by atoms with Crippen molar-refractivity contribution in [3.05, 3.63) is 33.8 Å². The topological polar surface area (TPSA) is 36.9 Å². The molecular weight excluding hydrogens is 220 g/mol. The number of rotatable bonds is 2. The Bertz CT molecular complexity index is 254. The lowest BCUT2D eigenvalue weighted by Crippen LogP contribution is -3.00. The Morgan fingerprint density at radius 3 is 2.50 bits per heavy atom. The van der Waals surface area contributed by atoms with Crippen LogP contribution in [0, 0.1) is 0 Å². The first-order chi connectivity index (χ1) is 5.24. The summed E-state index contributed by atoms with van der Waals surface area (Å²) < 4.78 is 0. The Balaban J connectivity index is 0.00000121. The maximum Gasteiger partial charge on any atom is 0.132 e. The van der Waals surface area contributed by atoms with Crippen LogP contribution in [-0.2, 0) is 11.4 Å². The minimum atomic E-state index is 0. The summed E-state index contributed by atoms with van der Waals surface area (Å²) in [5.41, 5.74) is 0.895. The normalized spacial score (nSPS) is 9.25. The SMILES string of the molecule is [Cl-].[NH3+]OCc1ccc(Cl)cc1Cl. The van der Waals surface area contributed by atoms with Crippen LogP contribution >= 0.6 is 23.2 Å². The maximum absolute atomic E-state index is 5.82. The molecule has 1 aromatic rings. The molecule has 12 heavy (non-hydrogen) atoms. The van der Waals surface area contributed by atoms with Crippen molar-refractivity contribution in [3.63, 3.8) is 0 Å². The lowest BCUT2D eigenvalue weighted by molar-refractivity contribution is -0.695. The second-order valence-corrected chi connectivity index (χ2v) is 2.93. The molecule has 2 nitrogen and oxygen atoms in total. The lowest BCUT2D eigenvalue weighted by atomic mass is 10.2. The van der Waals surface area contributed by atoms with Gasteiger partial charge in [0.05, 0.1) is 0 Å². The summed E-state index contributed by atoms with van der Waals surface area (Å²) in [5, 5.41) is 1.24. The van der Waals surface area contributed by atoms with E-state index < -0.39 is 0 Å². The van der Waals surface area contributed by atoms with E-state index in [9.17, 15) is 0 Å². The van der Waals surface area contributed by atoms with Crippen LogP contribution in [0.15, 0.2) is 18.2 Å². The predicted octanol–water partition coefficient (Wildman–Crippen LogP) is -1.33. The standard InChI is InChI=1S/C7H8Cl2NO.ClH/c8-6-2-1-5(4-11-10)7(9)3-6;/h1-3H,4H2,10H3;1H/q+1;/p-1. The highest BCUT2D eigenvalue weighted by Gasteiger charge is 2.00. The molecular formula is C7H8Cl3NO. The van der Waals surface area contributed by atoms with Crippen molar-refractivity contribution < 1.29 is 23.1 Å². The van der Waals surface area contributed by atoms with E-state index in [-0.39, 0.29) is 12.4 Å². The second kappa shape index (κ2) is 5.62. The molecule has 0 fully saturated rings. The predicted molar refractivity (Wildman–Crippen MR) is 44.1 cm³/mol. The van der Waals surface area contributed by atoms with Crippen molar-refractivity contribution in [3.8, 4) is 0 Å². The molecule has 3 N–H and O–H groups in total. The summed E-state index contributed by atoms with van der Waals surface area (Å²) >= 11 is 11.5. The zero-order valence-electron chi connectivity index (χ0n) is 6.19. The fraction of sp³-hybridized carbons (Fsp3) is 0.143. The van der Waals surface area contributed by atoms with Crippen molar-refractivity contribution in [1.82, 2.24) is 0 Å². The molecule has 0 radical (unpaired) electrons. The van der Waals surface area contributed by atoms with Crippen molar-refractivity contribution in [2.24, 2.45) is 0 Å². The Hall–Kier alpha value is 0.01000. The van der Waals surface area contributed by atoms with Gasteiger partial charge in [-0.25, -0.2) is 10.7 Å². The number of quaternary nitrogens is 1. The fourth-order valence-electron chi connectivity index (χ4n) is 0.749. The van der Waals surface area contributed by atoms with Crippen molar-refractivity contribution >= 4 is 23.2 Å². The third kappa shape index (κ3) is 3.17. The molecule has 0 aliphatic rings. The molecule has 0 saturated heterocycles. The van der Waals surface area contributed by atoms with Crippen molar-refractivity contribution in [2.45, 2.75) is 6.61 Å². The van der Waals surface area contributed by atoms with E-state index in [1.165, 1.54) is 0 Å². The summed E-state index contributed by atoms with van der Waals surface area (Å²) in [6.45, 7) is 0.413. The first kappa shape index (κ1) is 12.0. The van der Waals surface area contributed by atoms with E-state index in [4.69, 9.17) is 23.2 Å². The third-order valence-electron chi connectivity index (χ3n) is 1.27. The van der Waals surface area contributed by atoms with Gasteiger partial charge < -0.3 is 12.4 Å². The lowest BCUT2D eigenvalue weighted by Gasteiger charge is -1.99. The van der Waals surface area contributed by atoms with Gasteiger partial charge in [-0.3, -0.25) is 0 Å². The van der Waals surface area contributed by atoms with Gasteiger partial charge >= 0.3 is 0 Å². The zero-order chi connectivity index (χ0) is 8.27. The number of hydrogen-bond donors (Lipinski definition) is 1. The molecule has 0 unspecified atom stereocenters. The molecule has 0 amide bonds. The number of benzene rings is 1. The summed E-state index contributed by atoms with van der Waals surface area (Å²) in [6, 6.07) is 5.26. The van der Waals surface area contributed by atoms with Gasteiger partial charge in [-0.05, 0) is 12.1 Å². The van der Waals surface area contributed by atoms with Gasteiger partial charge in [0, 0.05) is 15.6 Å². The Morgan fingerprint density at radius 1 is 1.33 bits per heavy atom. The molecule has 0 aliphatic carbocycles. The van der Waals surface area contributed by atoms with E-state index in [0.717, 1.165) is 5.56 Å². The van der Waals surface area contributed by atoms with E-state index in [1.807, 2.05) is 6.07 Å². The minimum absolute atomic E-state index is 0. The Kier molecular flexibility index (Phi) is 5.63. The van der Waals surface area contributed by atoms with Crippen LogP contribution in [0.2, 0.25) is 10.0 Å². The molecule has 0 atom stereocenters. The summed E-state index contributed by atoms with van der Waals surface area (Å²) in [7, 11) is 0. The average molecular weight is 229 g/mol. The summed E-state index contributed by atoms with van der Waals surface area (Å²) in [4.78, 5) is 4.67. The zero-order valence-corrected chi connectivity index (χ0v) is 8.46. The van der Waals surface area contributed by atoms with Gasteiger partial charge in [0.15, 0.2) is 0 Å². The van der Waals surface area contributed by atoms with Gasteiger partial charge in [-0.15, -0.1) is 0 Å². The van der Waals surface area contributed by atoms with Gasteiger partial charge in [-0.2, -0.15) is 0 Å². The molecule has 0 aromatic heterocycles. The van der Waals surface area contributed by atoms with Crippen LogP contribution in [0.3, 0.4) is 0 Å². The van der Waals surface area contributed by atoms with Crippen molar-refractivity contribution in [2.75, 3.05) is 0 Å². The van der Waals surface area contributed by atoms with Crippen LogP contribution in [0.25, 0.3) is 0 Å². The Morgan fingerprint density at radius 2 is 2.00 bits per heavy atom. The van der Waals surface area contributed by atoms with E-state index in [2.05, 4.69) is 10.7 Å². The molecule has 0 aliphatic heterocycles. The molecule has 0 saturated carbocycles. The smallest absolute Gasteiger partial charge is 0.132 e. The molecule has 1 rings (SSSR count). The van der Waals surface area contributed by atoms with Crippen LogP contribution in [-0.4, -0.2) is 0 Å². The third-order valence-corrected chi connectivity index (χ3v) is 1.86. The van der Waals surface area contributed by atoms with Crippen LogP contribution in [0.4, 0.5) is 0 Å². The van der Waals surface area contributed by atoms with Crippen LogP contribution < -0.4 is 18.3 Å². The maximum atomic E-state index is 5.82. The second-order valence-electron chi connectivity index (χ2n) is 2.08. The Labute approximate surface area is 87.0 Å². The first-order valence-corrected chi connectivity index (χ1v) is 3.80. The summed E-state index contributed by atoms with van der Waals surface area (Å²) in [6.07, 6.45) is 0. The van der Waals surface area contributed by atoms with E-state index >= 15 is 0 Å². The van der Waals surface area contributed by atoms with E-state index in [0.29, 0.717) is 16.7 Å². The quantitative estimate of drug-likeness (QED) is 0.626. The van der Waals surface area contributed by atoms with Gasteiger partial charge in [-0.1, -0.05) is 29.3 Å². The monoisotopic (exact) mass is 227 g/mol. The fourth-order valence-corrected chi connectivity index (χ4v) is 1.21. The largest absolute Gasteiger partial charge is 1.00 e. The highest BCUT2D eigenvalue weighted by atomic mass is 35.5. The highest BCUT2D eigenvalue weighted by molar-refractivity contribution is 6.35. The molecule has 5 heteroatoms. The molecule has 0 bridgehead atoms. The van der Waals surface area contributed by atoms with Gasteiger partial charge in [0.2, 0.25) is 0 Å². The van der Waals surface area contributed by atoms with Crippen LogP contribution in [0.5, 0.6) is 0 Å². The first-order valence-electron chi connectivity index (χ1n) is 3.05. The van der Waals surface area contributed by atoms with Crippen LogP contribution in [0.1, 0.15) is 5.56 Å². The number of hydrogen-bond acceptors (Lipinski definition) is 1. The van der Waals surface area contributed by atoms with Gasteiger partial charge in [0.25, 0.3) is 0 Å². The molecule has 1 aromatic carbocycles. The molecule has 0 spiro atoms. The number of halogens is 3. The van der Waals surface area contributed by atoms with E-state index in [1.54, 1.807) is 12.1 Å². The van der Waals surface area contributed by atoms with Gasteiger partial charge in [0.1, 0.15) is 6.61 Å². The molecule has 68 valence electrons. The minimum Gasteiger partial charge on any atom is -1.00 e. The molecule has 0 heterocycles.